The summed E-state index contributed by atoms with van der Waals surface area (Å²) in [4.78, 5) is 41.7. The molecule has 1 N–H and O–H groups in total. The summed E-state index contributed by atoms with van der Waals surface area (Å²) in [6.45, 7) is 2.36. The van der Waals surface area contributed by atoms with Crippen LogP contribution in [0, 0.1) is 11.6 Å². The van der Waals surface area contributed by atoms with Gasteiger partial charge in [-0.3, -0.25) is 14.4 Å². The second-order valence-electron chi connectivity index (χ2n) is 9.07. The predicted octanol–water partition coefficient (Wildman–Crippen LogP) is 3.23. The number of fused-ring (bicyclic) bond motifs is 2. The molecule has 10 heteroatoms. The fraction of sp³-hybridized carbons (Fsp3) is 0.296. The van der Waals surface area contributed by atoms with Crippen LogP contribution in [0.15, 0.2) is 59.5 Å². The Morgan fingerprint density at radius 2 is 1.95 bits per heavy atom. The number of nitrogens with one attached hydrogen (secondary N) is 1. The van der Waals surface area contributed by atoms with E-state index >= 15 is 0 Å². The smallest absolute Gasteiger partial charge is 0.276 e. The SMILES string of the molecule is CC1CCOC2Cn3cc(C(=O)NCc4ccc(F)cc4F)c(=O)c(OCc4ccccc4)c3C(=O)N12. The number of aromatic nitrogens is 1. The largest absolute Gasteiger partial charge is 0.483 e. The van der Waals surface area contributed by atoms with Gasteiger partial charge in [-0.2, -0.15) is 0 Å². The maximum Gasteiger partial charge on any atom is 0.276 e. The summed E-state index contributed by atoms with van der Waals surface area (Å²) in [7, 11) is 0. The molecular weight excluding hydrogens is 484 g/mol. The van der Waals surface area contributed by atoms with Crippen LogP contribution in [0.2, 0.25) is 0 Å². The molecule has 8 nitrogen and oxygen atoms in total. The Kier molecular flexibility index (Phi) is 6.75. The first-order chi connectivity index (χ1) is 17.8. The van der Waals surface area contributed by atoms with Crippen molar-refractivity contribution in [2.45, 2.75) is 45.3 Å². The number of ether oxygens (including phenoxy) is 2. The Hall–Kier alpha value is -4.05. The van der Waals surface area contributed by atoms with E-state index in [1.54, 1.807) is 4.90 Å². The van der Waals surface area contributed by atoms with E-state index < -0.39 is 35.1 Å². The van der Waals surface area contributed by atoms with E-state index in [2.05, 4.69) is 5.32 Å². The molecule has 37 heavy (non-hydrogen) atoms. The van der Waals surface area contributed by atoms with Crippen LogP contribution >= 0.6 is 0 Å². The molecule has 1 fully saturated rings. The van der Waals surface area contributed by atoms with E-state index in [0.717, 1.165) is 11.6 Å². The maximum atomic E-state index is 14.0. The highest BCUT2D eigenvalue weighted by atomic mass is 19.1. The van der Waals surface area contributed by atoms with Gasteiger partial charge in [-0.25, -0.2) is 8.78 Å². The zero-order chi connectivity index (χ0) is 26.1. The lowest BCUT2D eigenvalue weighted by Crippen LogP contribution is -2.57. The maximum absolute atomic E-state index is 14.0. The molecule has 0 saturated carbocycles. The molecule has 2 aliphatic heterocycles. The lowest BCUT2D eigenvalue weighted by atomic mass is 10.1. The van der Waals surface area contributed by atoms with Gasteiger partial charge in [-0.1, -0.05) is 36.4 Å². The molecule has 2 unspecified atom stereocenters. The minimum absolute atomic E-state index is 0.0116. The van der Waals surface area contributed by atoms with Crippen molar-refractivity contribution < 1.29 is 27.8 Å². The molecule has 0 radical (unpaired) electrons. The fourth-order valence-electron chi connectivity index (χ4n) is 4.60. The molecule has 3 heterocycles. The van der Waals surface area contributed by atoms with Gasteiger partial charge < -0.3 is 24.3 Å². The number of hydrogen-bond donors (Lipinski definition) is 1. The van der Waals surface area contributed by atoms with Gasteiger partial charge in [0.05, 0.1) is 13.2 Å². The van der Waals surface area contributed by atoms with Crippen molar-refractivity contribution in [3.05, 3.63) is 99.0 Å². The van der Waals surface area contributed by atoms with Gasteiger partial charge in [-0.05, 0) is 25.0 Å². The van der Waals surface area contributed by atoms with E-state index in [9.17, 15) is 23.2 Å². The second kappa shape index (κ2) is 10.1. The molecule has 1 aromatic heterocycles. The van der Waals surface area contributed by atoms with Crippen molar-refractivity contribution in [2.75, 3.05) is 6.61 Å². The summed E-state index contributed by atoms with van der Waals surface area (Å²) in [6.07, 6.45) is 1.42. The number of carbonyl (C=O) groups is 2. The lowest BCUT2D eigenvalue weighted by molar-refractivity contribution is -0.112. The molecule has 1 saturated heterocycles. The van der Waals surface area contributed by atoms with Gasteiger partial charge in [-0.15, -0.1) is 0 Å². The Morgan fingerprint density at radius 1 is 1.16 bits per heavy atom. The number of rotatable bonds is 6. The number of benzene rings is 2. The molecule has 0 spiro atoms. The van der Waals surface area contributed by atoms with Gasteiger partial charge in [0, 0.05) is 30.4 Å². The van der Waals surface area contributed by atoms with Crippen molar-refractivity contribution >= 4 is 11.8 Å². The third-order valence-corrected chi connectivity index (χ3v) is 6.58. The van der Waals surface area contributed by atoms with Crippen LogP contribution in [0.4, 0.5) is 8.78 Å². The minimum Gasteiger partial charge on any atom is -0.483 e. The molecular formula is C27H25F2N3O5. The van der Waals surface area contributed by atoms with Crippen LogP contribution in [-0.2, 0) is 24.4 Å². The van der Waals surface area contributed by atoms with Crippen molar-refractivity contribution in [3.63, 3.8) is 0 Å². The van der Waals surface area contributed by atoms with Crippen molar-refractivity contribution in [1.82, 2.24) is 14.8 Å². The standard InChI is InChI=1S/C27H25F2N3O5/c1-16-9-10-36-22-14-31-13-20(26(34)30-12-18-7-8-19(28)11-21(18)29)24(33)25(23(31)27(35)32(16)22)37-15-17-5-3-2-4-6-17/h2-8,11,13,16,22H,9-10,12,14-15H2,1H3,(H,30,34). The third-order valence-electron chi connectivity index (χ3n) is 6.58. The first-order valence-electron chi connectivity index (χ1n) is 11.9. The summed E-state index contributed by atoms with van der Waals surface area (Å²) in [5.41, 5.74) is -0.131. The van der Waals surface area contributed by atoms with Crippen molar-refractivity contribution in [3.8, 4) is 5.75 Å². The highest BCUT2D eigenvalue weighted by Gasteiger charge is 2.41. The van der Waals surface area contributed by atoms with E-state index in [1.165, 1.54) is 16.8 Å². The van der Waals surface area contributed by atoms with E-state index in [4.69, 9.17) is 9.47 Å². The average Bonchev–Trinajstić information content (AvgIpc) is 2.88. The van der Waals surface area contributed by atoms with Gasteiger partial charge in [0.2, 0.25) is 5.43 Å². The summed E-state index contributed by atoms with van der Waals surface area (Å²) >= 11 is 0. The molecule has 5 rings (SSSR count). The van der Waals surface area contributed by atoms with Crippen molar-refractivity contribution in [1.29, 1.82) is 0 Å². The normalized spacial score (nSPS) is 18.7. The molecule has 2 amide bonds. The lowest BCUT2D eigenvalue weighted by Gasteiger charge is -2.44. The van der Waals surface area contributed by atoms with E-state index in [1.807, 2.05) is 37.3 Å². The molecule has 2 aromatic carbocycles. The van der Waals surface area contributed by atoms with Crippen LogP contribution in [0.25, 0.3) is 0 Å². The van der Waals surface area contributed by atoms with E-state index in [-0.39, 0.29) is 48.3 Å². The molecule has 3 aromatic rings. The average molecular weight is 510 g/mol. The molecule has 0 aliphatic carbocycles. The summed E-state index contributed by atoms with van der Waals surface area (Å²) in [6, 6.07) is 12.0. The predicted molar refractivity (Wildman–Crippen MR) is 129 cm³/mol. The molecule has 0 bridgehead atoms. The van der Waals surface area contributed by atoms with Gasteiger partial charge >= 0.3 is 0 Å². The summed E-state index contributed by atoms with van der Waals surface area (Å²) in [5, 5.41) is 2.50. The van der Waals surface area contributed by atoms with Crippen LogP contribution < -0.4 is 15.5 Å². The number of hydrogen-bond acceptors (Lipinski definition) is 5. The summed E-state index contributed by atoms with van der Waals surface area (Å²) in [5.74, 6) is -2.97. The van der Waals surface area contributed by atoms with Crippen LogP contribution in [0.3, 0.4) is 0 Å². The first kappa shape index (κ1) is 24.6. The second-order valence-corrected chi connectivity index (χ2v) is 9.07. The Bertz CT molecular complexity index is 1410. The first-order valence-corrected chi connectivity index (χ1v) is 11.9. The number of pyridine rings is 1. The highest BCUT2D eigenvalue weighted by molar-refractivity contribution is 5.99. The van der Waals surface area contributed by atoms with E-state index in [0.29, 0.717) is 19.1 Å². The van der Waals surface area contributed by atoms with Gasteiger partial charge in [0.1, 0.15) is 23.8 Å². The van der Waals surface area contributed by atoms with Gasteiger partial charge in [0.25, 0.3) is 11.8 Å². The zero-order valence-electron chi connectivity index (χ0n) is 20.1. The Morgan fingerprint density at radius 3 is 2.70 bits per heavy atom. The highest BCUT2D eigenvalue weighted by Crippen LogP contribution is 2.30. The van der Waals surface area contributed by atoms with Crippen molar-refractivity contribution in [2.24, 2.45) is 0 Å². The van der Waals surface area contributed by atoms with Gasteiger partial charge in [0.15, 0.2) is 17.7 Å². The zero-order valence-corrected chi connectivity index (χ0v) is 20.1. The Labute approximate surface area is 211 Å². The summed E-state index contributed by atoms with van der Waals surface area (Å²) < 4.78 is 40.4. The minimum atomic E-state index is -0.816. The Balaban J connectivity index is 1.50. The number of nitrogens with zero attached hydrogens (tertiary/aromatic N) is 2. The quantitative estimate of drug-likeness (QED) is 0.551. The molecule has 192 valence electrons. The van der Waals surface area contributed by atoms with Crippen LogP contribution in [-0.4, -0.2) is 40.2 Å². The number of amides is 2. The van der Waals surface area contributed by atoms with Crippen LogP contribution in [0.5, 0.6) is 5.75 Å². The third kappa shape index (κ3) is 4.84. The fourth-order valence-corrected chi connectivity index (χ4v) is 4.60. The van der Waals surface area contributed by atoms with Crippen LogP contribution in [0.1, 0.15) is 45.3 Å². The molecule has 2 atom stereocenters. The number of halogens is 2. The molecule has 2 aliphatic rings. The monoisotopic (exact) mass is 509 g/mol. The number of carbonyl (C=O) groups excluding carboxylic acids is 2. The topological polar surface area (TPSA) is 89.9 Å².